The summed E-state index contributed by atoms with van der Waals surface area (Å²) in [7, 11) is 1.19. The van der Waals surface area contributed by atoms with Gasteiger partial charge in [-0.3, -0.25) is 4.79 Å². The third kappa shape index (κ3) is 3.66. The van der Waals surface area contributed by atoms with E-state index in [1.165, 1.54) is 17.4 Å². The highest BCUT2D eigenvalue weighted by Gasteiger charge is 2.68. The van der Waals surface area contributed by atoms with Gasteiger partial charge in [0.15, 0.2) is 6.23 Å². The normalized spacial score (nSPS) is 33.8. The quantitative estimate of drug-likeness (QED) is 0.473. The number of likely N-dealkylation sites (tertiary alicyclic amines) is 1. The van der Waals surface area contributed by atoms with E-state index in [0.29, 0.717) is 31.2 Å². The SMILES string of the molecule is C=CC(=O)N1CC[C@@H]1OC(=O)N(C)[C@@H](Cc1ccccc1)B1O[C@@H]2C[C@@H]3C[C@@H](C3(C)C)[C@]2(C)O1. The van der Waals surface area contributed by atoms with E-state index in [-0.39, 0.29) is 29.0 Å². The number of ether oxygens (including phenoxy) is 1. The van der Waals surface area contributed by atoms with Crippen LogP contribution in [0.1, 0.15) is 45.6 Å². The highest BCUT2D eigenvalue weighted by molar-refractivity contribution is 6.47. The first-order valence-electron chi connectivity index (χ1n) is 12.4. The van der Waals surface area contributed by atoms with Gasteiger partial charge < -0.3 is 23.8 Å². The average Bonchev–Trinajstić information content (AvgIpc) is 3.16. The Labute approximate surface area is 202 Å². The molecule has 6 rings (SSSR count). The van der Waals surface area contributed by atoms with E-state index in [9.17, 15) is 9.59 Å². The van der Waals surface area contributed by atoms with Crippen molar-refractivity contribution >= 4 is 19.1 Å². The molecule has 2 bridgehead atoms. The minimum atomic E-state index is -0.559. The molecule has 1 aromatic carbocycles. The Morgan fingerprint density at radius 2 is 2.03 bits per heavy atom. The van der Waals surface area contributed by atoms with Gasteiger partial charge in [-0.1, -0.05) is 50.8 Å². The molecule has 6 atom stereocenters. The van der Waals surface area contributed by atoms with E-state index in [0.717, 1.165) is 12.0 Å². The van der Waals surface area contributed by atoms with Gasteiger partial charge in [0.05, 0.1) is 17.6 Å². The number of carbonyl (C=O) groups is 2. The van der Waals surface area contributed by atoms with Gasteiger partial charge >= 0.3 is 13.2 Å². The third-order valence-corrected chi connectivity index (χ3v) is 9.02. The van der Waals surface area contributed by atoms with Crippen molar-refractivity contribution in [2.24, 2.45) is 17.3 Å². The molecule has 2 aliphatic heterocycles. The summed E-state index contributed by atoms with van der Waals surface area (Å²) < 4.78 is 19.0. The van der Waals surface area contributed by atoms with Crippen LogP contribution in [0.5, 0.6) is 0 Å². The fraction of sp³-hybridized carbons (Fsp3) is 0.615. The summed E-state index contributed by atoms with van der Waals surface area (Å²) in [6, 6.07) is 10.1. The van der Waals surface area contributed by atoms with Crippen LogP contribution in [0.2, 0.25) is 0 Å². The van der Waals surface area contributed by atoms with Gasteiger partial charge in [0, 0.05) is 20.0 Å². The zero-order valence-corrected chi connectivity index (χ0v) is 20.6. The second-order valence-electron chi connectivity index (χ2n) is 11.1. The molecule has 3 aliphatic carbocycles. The van der Waals surface area contributed by atoms with Crippen molar-refractivity contribution < 1.29 is 23.6 Å². The van der Waals surface area contributed by atoms with E-state index in [1.807, 2.05) is 30.3 Å². The first-order chi connectivity index (χ1) is 16.1. The van der Waals surface area contributed by atoms with Gasteiger partial charge in [-0.25, -0.2) is 4.79 Å². The molecule has 34 heavy (non-hydrogen) atoms. The maximum Gasteiger partial charge on any atom is 0.482 e. The first kappa shape index (κ1) is 23.4. The number of hydrogen-bond donors (Lipinski definition) is 0. The van der Waals surface area contributed by atoms with Crippen molar-refractivity contribution in [2.75, 3.05) is 13.6 Å². The molecule has 182 valence electrons. The summed E-state index contributed by atoms with van der Waals surface area (Å²) in [4.78, 5) is 28.3. The van der Waals surface area contributed by atoms with Crippen LogP contribution in [0.3, 0.4) is 0 Å². The summed E-state index contributed by atoms with van der Waals surface area (Å²) in [5.74, 6) is 0.506. The number of amides is 2. The highest BCUT2D eigenvalue weighted by Crippen LogP contribution is 2.65. The molecule has 5 aliphatic rings. The predicted octanol–water partition coefficient (Wildman–Crippen LogP) is 3.68. The molecular weight excluding hydrogens is 431 g/mol. The van der Waals surface area contributed by atoms with Crippen LogP contribution in [-0.4, -0.2) is 66.4 Å². The molecule has 7 nitrogen and oxygen atoms in total. The number of likely N-dealkylation sites (N-methyl/N-ethyl adjacent to an activating group) is 1. The van der Waals surface area contributed by atoms with E-state index < -0.39 is 19.4 Å². The second kappa shape index (κ2) is 8.42. The molecule has 0 spiro atoms. The summed E-state index contributed by atoms with van der Waals surface area (Å²) in [5.41, 5.74) is 0.981. The van der Waals surface area contributed by atoms with Crippen molar-refractivity contribution in [3.05, 3.63) is 48.6 Å². The molecular formula is C26H35BN2O5. The molecule has 8 heteroatoms. The number of carbonyl (C=O) groups excluding carboxylic acids is 2. The number of rotatable bonds is 6. The standard InChI is InChI=1S/C26H35BN2O5/c1-6-22(30)29-13-12-23(29)32-24(31)28(5)21(14-17-10-8-7-9-11-17)27-33-20-16-18-15-19(25(18,2)3)26(20,4)34-27/h6-11,18-21,23H,1,12-16H2,2-5H3/t18-,19-,20+,21-,23-,26-/m0/s1. The number of benzene rings is 1. The Morgan fingerprint density at radius 1 is 1.29 bits per heavy atom. The topological polar surface area (TPSA) is 68.3 Å². The molecule has 3 saturated carbocycles. The molecule has 2 saturated heterocycles. The van der Waals surface area contributed by atoms with Crippen molar-refractivity contribution in [3.8, 4) is 0 Å². The second-order valence-corrected chi connectivity index (χ2v) is 11.1. The van der Waals surface area contributed by atoms with Gasteiger partial charge in [0.2, 0.25) is 5.91 Å². The van der Waals surface area contributed by atoms with Gasteiger partial charge in [-0.05, 0) is 55.1 Å². The Bertz CT molecular complexity index is 971. The first-order valence-corrected chi connectivity index (χ1v) is 12.4. The number of nitrogens with zero attached hydrogens (tertiary/aromatic N) is 2. The van der Waals surface area contributed by atoms with Crippen LogP contribution in [0.15, 0.2) is 43.0 Å². The molecule has 1 aromatic rings. The minimum Gasteiger partial charge on any atom is -0.425 e. The van der Waals surface area contributed by atoms with Gasteiger partial charge in [0.1, 0.15) is 0 Å². The van der Waals surface area contributed by atoms with Gasteiger partial charge in [-0.15, -0.1) is 0 Å². The van der Waals surface area contributed by atoms with Gasteiger partial charge in [0.25, 0.3) is 0 Å². The molecule has 5 fully saturated rings. The Morgan fingerprint density at radius 3 is 2.65 bits per heavy atom. The maximum absolute atomic E-state index is 13.2. The molecule has 2 amide bonds. The Balaban J connectivity index is 1.34. The van der Waals surface area contributed by atoms with Crippen LogP contribution >= 0.6 is 0 Å². The van der Waals surface area contributed by atoms with Crippen molar-refractivity contribution in [2.45, 2.75) is 70.3 Å². The van der Waals surface area contributed by atoms with Crippen LogP contribution in [-0.2, 0) is 25.3 Å². The average molecular weight is 466 g/mol. The lowest BCUT2D eigenvalue weighted by Crippen LogP contribution is -2.65. The summed E-state index contributed by atoms with van der Waals surface area (Å²) in [6.07, 6.45) is 3.60. The van der Waals surface area contributed by atoms with Crippen LogP contribution in [0.25, 0.3) is 0 Å². The van der Waals surface area contributed by atoms with E-state index in [1.54, 1.807) is 11.9 Å². The monoisotopic (exact) mass is 466 g/mol. The van der Waals surface area contributed by atoms with Crippen LogP contribution < -0.4 is 0 Å². The maximum atomic E-state index is 13.2. The number of hydrogen-bond acceptors (Lipinski definition) is 5. The lowest BCUT2D eigenvalue weighted by molar-refractivity contribution is -0.199. The Kier molecular flexibility index (Phi) is 5.80. The summed E-state index contributed by atoms with van der Waals surface area (Å²) in [6.45, 7) is 10.9. The summed E-state index contributed by atoms with van der Waals surface area (Å²) in [5, 5.41) is 0. The van der Waals surface area contributed by atoms with E-state index >= 15 is 0 Å². The Hall–Kier alpha value is -2.32. The molecule has 0 radical (unpaired) electrons. The molecule has 0 aromatic heterocycles. The molecule has 0 unspecified atom stereocenters. The van der Waals surface area contributed by atoms with Crippen LogP contribution in [0.4, 0.5) is 4.79 Å². The van der Waals surface area contributed by atoms with E-state index in [4.69, 9.17) is 14.0 Å². The largest absolute Gasteiger partial charge is 0.482 e. The highest BCUT2D eigenvalue weighted by atomic mass is 16.7. The minimum absolute atomic E-state index is 0.0318. The van der Waals surface area contributed by atoms with Gasteiger partial charge in [-0.2, -0.15) is 0 Å². The third-order valence-electron chi connectivity index (χ3n) is 9.02. The van der Waals surface area contributed by atoms with Crippen molar-refractivity contribution in [1.29, 1.82) is 0 Å². The lowest BCUT2D eigenvalue weighted by Gasteiger charge is -2.64. The zero-order valence-electron chi connectivity index (χ0n) is 20.6. The lowest BCUT2D eigenvalue weighted by atomic mass is 9.43. The molecule has 2 heterocycles. The smallest absolute Gasteiger partial charge is 0.425 e. The predicted molar refractivity (Wildman–Crippen MR) is 129 cm³/mol. The van der Waals surface area contributed by atoms with Crippen molar-refractivity contribution in [3.63, 3.8) is 0 Å². The van der Waals surface area contributed by atoms with Crippen LogP contribution in [0, 0.1) is 17.3 Å². The fourth-order valence-electron chi connectivity index (χ4n) is 6.53. The zero-order chi connectivity index (χ0) is 24.3. The summed E-state index contributed by atoms with van der Waals surface area (Å²) >= 11 is 0. The molecule has 0 N–H and O–H groups in total. The van der Waals surface area contributed by atoms with E-state index in [2.05, 4.69) is 27.4 Å². The fourth-order valence-corrected chi connectivity index (χ4v) is 6.53. The van der Waals surface area contributed by atoms with Crippen molar-refractivity contribution in [1.82, 2.24) is 9.80 Å².